The van der Waals surface area contributed by atoms with Crippen LogP contribution >= 0.6 is 0 Å². The van der Waals surface area contributed by atoms with Gasteiger partial charge in [0.1, 0.15) is 0 Å². The molecule has 0 atom stereocenters. The third-order valence-electron chi connectivity index (χ3n) is 4.04. The van der Waals surface area contributed by atoms with Crippen LogP contribution in [0.15, 0.2) is 85.2 Å². The van der Waals surface area contributed by atoms with Crippen LogP contribution in [0.3, 0.4) is 0 Å². The molecule has 4 heteroatoms. The Hall–Kier alpha value is -2.68. The summed E-state index contributed by atoms with van der Waals surface area (Å²) in [5.74, 6) is 0. The van der Waals surface area contributed by atoms with E-state index in [1.54, 1.807) is 6.20 Å². The van der Waals surface area contributed by atoms with Crippen molar-refractivity contribution in [2.45, 2.75) is 6.54 Å². The number of nitrogens with zero attached hydrogens (tertiary/aromatic N) is 2. The zero-order valence-corrected chi connectivity index (χ0v) is 15.2. The van der Waals surface area contributed by atoms with Crippen molar-refractivity contribution in [1.29, 1.82) is 0 Å². The number of pyridine rings is 1. The van der Waals surface area contributed by atoms with Gasteiger partial charge in [-0.1, -0.05) is 0 Å². The molecule has 0 bridgehead atoms. The van der Waals surface area contributed by atoms with Gasteiger partial charge in [-0.05, 0) is 0 Å². The average molecular weight is 391 g/mol. The number of hydrogen-bond acceptors (Lipinski definition) is 2. The summed E-state index contributed by atoms with van der Waals surface area (Å²) >= 11 is -0.234. The van der Waals surface area contributed by atoms with Crippen LogP contribution in [0.5, 0.6) is 0 Å². The molecule has 0 aliphatic rings. The Bertz CT molecular complexity index is 1010. The quantitative estimate of drug-likeness (QED) is 0.490. The normalized spacial score (nSPS) is 10.9. The van der Waals surface area contributed by atoms with Gasteiger partial charge in [0.25, 0.3) is 0 Å². The van der Waals surface area contributed by atoms with Crippen LogP contribution in [0.25, 0.3) is 10.9 Å². The molecule has 0 aliphatic heterocycles. The first-order valence-electron chi connectivity index (χ1n) is 8.06. The summed E-state index contributed by atoms with van der Waals surface area (Å²) in [5, 5.41) is 1.10. The van der Waals surface area contributed by atoms with Crippen molar-refractivity contribution < 1.29 is 4.79 Å². The minimum atomic E-state index is -0.234. The maximum absolute atomic E-state index is 13.0. The molecule has 4 rings (SSSR count). The summed E-state index contributed by atoms with van der Waals surface area (Å²) in [7, 11) is 0. The number of hydrogen-bond donors (Lipinski definition) is 0. The molecule has 2 aromatic carbocycles. The van der Waals surface area contributed by atoms with Gasteiger partial charge in [0.15, 0.2) is 0 Å². The Balaban J connectivity index is 1.74. The molecule has 0 spiro atoms. The average Bonchev–Trinajstić information content (AvgIpc) is 3.02. The Morgan fingerprint density at radius 1 is 0.960 bits per heavy atom. The van der Waals surface area contributed by atoms with Crippen LogP contribution in [0.4, 0.5) is 0 Å². The summed E-state index contributed by atoms with van der Waals surface area (Å²) in [5.41, 5.74) is 2.94. The van der Waals surface area contributed by atoms with Crippen LogP contribution in [0, 0.1) is 0 Å². The first-order chi connectivity index (χ1) is 12.3. The van der Waals surface area contributed by atoms with E-state index in [0.29, 0.717) is 6.54 Å². The Kier molecular flexibility index (Phi) is 4.47. The number of aromatic nitrogens is 2. The van der Waals surface area contributed by atoms with Gasteiger partial charge in [0.05, 0.1) is 0 Å². The number of carbonyl (C=O) groups is 1. The summed E-state index contributed by atoms with van der Waals surface area (Å²) in [6, 6.07) is 24.1. The van der Waals surface area contributed by atoms with Gasteiger partial charge in [-0.2, -0.15) is 0 Å². The zero-order chi connectivity index (χ0) is 17.1. The predicted molar refractivity (Wildman–Crippen MR) is 101 cm³/mol. The fourth-order valence-corrected chi connectivity index (χ4v) is 4.51. The van der Waals surface area contributed by atoms with E-state index >= 15 is 0 Å². The minimum absolute atomic E-state index is 0.193. The van der Waals surface area contributed by atoms with E-state index in [-0.39, 0.29) is 19.6 Å². The van der Waals surface area contributed by atoms with E-state index in [1.807, 2.05) is 66.9 Å². The second-order valence-corrected chi connectivity index (χ2v) is 7.93. The fraction of sp³-hybridized carbons (Fsp3) is 0.0476. The molecule has 25 heavy (non-hydrogen) atoms. The van der Waals surface area contributed by atoms with Crippen molar-refractivity contribution in [2.75, 3.05) is 0 Å². The van der Waals surface area contributed by atoms with Crippen molar-refractivity contribution in [1.82, 2.24) is 9.55 Å². The topological polar surface area (TPSA) is 34.9 Å². The van der Waals surface area contributed by atoms with Crippen LogP contribution < -0.4 is 4.46 Å². The van der Waals surface area contributed by atoms with Gasteiger partial charge in [0.2, 0.25) is 0 Å². The molecule has 0 aliphatic carbocycles. The Morgan fingerprint density at radius 2 is 1.76 bits per heavy atom. The first kappa shape index (κ1) is 15.8. The molecule has 0 N–H and O–H groups in total. The van der Waals surface area contributed by atoms with Crippen LogP contribution in [0.2, 0.25) is 0 Å². The SMILES string of the molecule is O=C([Se]c1ccccc1)c1cc2ccccc2n1Cc1cccnc1. The van der Waals surface area contributed by atoms with Gasteiger partial charge < -0.3 is 0 Å². The molecule has 0 fully saturated rings. The summed E-state index contributed by atoms with van der Waals surface area (Å²) in [4.78, 5) is 17.2. The van der Waals surface area contributed by atoms with Crippen molar-refractivity contribution in [2.24, 2.45) is 0 Å². The molecular weight excluding hydrogens is 375 g/mol. The van der Waals surface area contributed by atoms with E-state index in [4.69, 9.17) is 0 Å². The fourth-order valence-electron chi connectivity index (χ4n) is 2.87. The predicted octanol–water partition coefficient (Wildman–Crippen LogP) is 3.25. The zero-order valence-electron chi connectivity index (χ0n) is 13.5. The summed E-state index contributed by atoms with van der Waals surface area (Å²) < 4.78 is 3.40. The molecule has 0 saturated carbocycles. The molecule has 0 unspecified atom stereocenters. The molecule has 3 nitrogen and oxygen atoms in total. The van der Waals surface area contributed by atoms with Gasteiger partial charge in [-0.3, -0.25) is 0 Å². The number of rotatable bonds is 5. The van der Waals surface area contributed by atoms with Crippen molar-refractivity contribution >= 4 is 35.0 Å². The van der Waals surface area contributed by atoms with Crippen LogP contribution in [-0.4, -0.2) is 29.2 Å². The van der Waals surface area contributed by atoms with Gasteiger partial charge in [-0.15, -0.1) is 0 Å². The molecule has 2 aromatic heterocycles. The molecule has 0 amide bonds. The maximum atomic E-state index is 13.0. The van der Waals surface area contributed by atoms with Gasteiger partial charge >= 0.3 is 152 Å². The molecule has 2 heterocycles. The Morgan fingerprint density at radius 3 is 2.56 bits per heavy atom. The number of fused-ring (bicyclic) bond motifs is 1. The Labute approximate surface area is 152 Å². The number of benzene rings is 2. The standard InChI is InChI=1S/C21H16N2OSe/c24-21(25-18-9-2-1-3-10-18)20-13-17-8-4-5-11-19(17)23(20)15-16-7-6-12-22-14-16/h1-14H,15H2. The second kappa shape index (κ2) is 7.06. The van der Waals surface area contributed by atoms with E-state index in [1.165, 1.54) is 0 Å². The molecule has 0 saturated heterocycles. The van der Waals surface area contributed by atoms with Crippen molar-refractivity contribution in [3.05, 3.63) is 96.4 Å². The molecule has 0 radical (unpaired) electrons. The van der Waals surface area contributed by atoms with Crippen LogP contribution in [0.1, 0.15) is 16.1 Å². The van der Waals surface area contributed by atoms with Crippen molar-refractivity contribution in [3.63, 3.8) is 0 Å². The van der Waals surface area contributed by atoms with Crippen molar-refractivity contribution in [3.8, 4) is 0 Å². The third kappa shape index (κ3) is 3.41. The summed E-state index contributed by atoms with van der Waals surface area (Å²) in [6.07, 6.45) is 3.62. The van der Waals surface area contributed by atoms with E-state index < -0.39 is 0 Å². The molecular formula is C21H16N2OSe. The third-order valence-corrected chi connectivity index (χ3v) is 5.93. The van der Waals surface area contributed by atoms with Gasteiger partial charge in [-0.25, -0.2) is 0 Å². The van der Waals surface area contributed by atoms with E-state index in [9.17, 15) is 4.79 Å². The number of carbonyl (C=O) groups excluding carboxylic acids is 1. The summed E-state index contributed by atoms with van der Waals surface area (Å²) in [6.45, 7) is 0.646. The molecule has 122 valence electrons. The second-order valence-electron chi connectivity index (χ2n) is 5.74. The van der Waals surface area contributed by atoms with E-state index in [2.05, 4.69) is 21.7 Å². The van der Waals surface area contributed by atoms with E-state index in [0.717, 1.165) is 26.6 Å². The monoisotopic (exact) mass is 392 g/mol. The van der Waals surface area contributed by atoms with Gasteiger partial charge in [0, 0.05) is 0 Å². The number of para-hydroxylation sites is 1. The van der Waals surface area contributed by atoms with Crippen LogP contribution in [-0.2, 0) is 6.54 Å². The first-order valence-corrected chi connectivity index (χ1v) is 9.77. The molecule has 4 aromatic rings.